The second-order valence-electron chi connectivity index (χ2n) is 7.66. The predicted octanol–water partition coefficient (Wildman–Crippen LogP) is 2.83. The number of nitrogens with one attached hydrogen (secondary N) is 1. The number of benzene rings is 2. The van der Waals surface area contributed by atoms with Crippen LogP contribution < -0.4 is 11.1 Å². The Bertz CT molecular complexity index is 1180. The van der Waals surface area contributed by atoms with Gasteiger partial charge in [0.25, 0.3) is 5.91 Å². The Morgan fingerprint density at radius 2 is 2.03 bits per heavy atom. The van der Waals surface area contributed by atoms with Gasteiger partial charge in [-0.25, -0.2) is 4.98 Å². The number of fused-ring (bicyclic) bond motifs is 1. The largest absolute Gasteiger partial charge is 0.390 e. The van der Waals surface area contributed by atoms with E-state index >= 15 is 0 Å². The lowest BCUT2D eigenvalue weighted by Crippen LogP contribution is -2.37. The van der Waals surface area contributed by atoms with Crippen molar-refractivity contribution in [2.24, 2.45) is 0 Å². The third kappa shape index (κ3) is 5.74. The topological polar surface area (TPSA) is 91.5 Å². The molecule has 1 unspecified atom stereocenters. The molecule has 6 nitrogen and oxygen atoms in total. The van der Waals surface area contributed by atoms with Crippen LogP contribution in [0.3, 0.4) is 0 Å². The average Bonchev–Trinajstić information content (AvgIpc) is 2.71. The van der Waals surface area contributed by atoms with Crippen molar-refractivity contribution < 1.29 is 9.90 Å². The molecule has 0 fully saturated rings. The predicted molar refractivity (Wildman–Crippen MR) is 125 cm³/mol. The molecule has 0 aliphatic carbocycles. The van der Waals surface area contributed by atoms with Gasteiger partial charge in [-0.1, -0.05) is 29.5 Å². The van der Waals surface area contributed by atoms with Gasteiger partial charge in [-0.3, -0.25) is 4.79 Å². The van der Waals surface area contributed by atoms with Gasteiger partial charge in [0.05, 0.1) is 11.7 Å². The number of anilines is 1. The lowest BCUT2D eigenvalue weighted by atomic mass is 10.0. The minimum absolute atomic E-state index is 0.188. The Kier molecular flexibility index (Phi) is 7.13. The number of nitrogens with two attached hydrogens (primary N) is 1. The molecule has 2 aromatic carbocycles. The van der Waals surface area contributed by atoms with Gasteiger partial charge < -0.3 is 21.1 Å². The molecule has 0 saturated carbocycles. The molecule has 0 radical (unpaired) electrons. The van der Waals surface area contributed by atoms with Gasteiger partial charge in [-0.2, -0.15) is 0 Å². The molecule has 0 aliphatic rings. The smallest absolute Gasteiger partial charge is 0.251 e. The number of aryl methyl sites for hydroxylation is 1. The molecule has 0 saturated heterocycles. The number of aliphatic hydroxyl groups is 1. The number of carbonyl (C=O) groups excluding carboxylic acids is 1. The third-order valence-corrected chi connectivity index (χ3v) is 5.00. The van der Waals surface area contributed by atoms with E-state index in [-0.39, 0.29) is 12.5 Å². The maximum Gasteiger partial charge on any atom is 0.251 e. The first kappa shape index (κ1) is 22.6. The van der Waals surface area contributed by atoms with Crippen LogP contribution in [0.5, 0.6) is 0 Å². The molecule has 160 valence electrons. The summed E-state index contributed by atoms with van der Waals surface area (Å²) in [6.07, 6.45) is 1.07. The summed E-state index contributed by atoms with van der Waals surface area (Å²) in [6.45, 7) is 2.56. The molecule has 4 N–H and O–H groups in total. The summed E-state index contributed by atoms with van der Waals surface area (Å²) in [7, 11) is 3.73. The number of hydrogen-bond acceptors (Lipinski definition) is 5. The molecule has 3 rings (SSSR count). The van der Waals surface area contributed by atoms with Gasteiger partial charge in [0.1, 0.15) is 5.82 Å². The highest BCUT2D eigenvalue weighted by molar-refractivity contribution is 6.31. The van der Waals surface area contributed by atoms with Crippen molar-refractivity contribution in [3.8, 4) is 11.8 Å². The molecule has 3 aromatic rings. The SMILES string of the molecule is Cc1cc(C(=O)NCC(O)CN(C)C)ccc1C#Cc1c(N)ncc2ccc(Cl)cc12. The van der Waals surface area contributed by atoms with Crippen LogP contribution in [0.2, 0.25) is 5.02 Å². The molecule has 0 spiro atoms. The van der Waals surface area contributed by atoms with E-state index in [1.54, 1.807) is 30.5 Å². The molecule has 1 atom stereocenters. The standard InChI is InChI=1S/C24H25ClN4O2/c1-15-10-17(24(31)28-13-20(30)14-29(2)3)5-4-16(15)7-9-21-22-11-19(25)8-6-18(22)12-27-23(21)26/h4-6,8,10-12,20,30H,13-14H2,1-3H3,(H2,26,27)(H,28,31). The number of rotatable bonds is 5. The summed E-state index contributed by atoms with van der Waals surface area (Å²) in [6, 6.07) is 10.8. The zero-order valence-corrected chi connectivity index (χ0v) is 18.5. The molecule has 1 aromatic heterocycles. The summed E-state index contributed by atoms with van der Waals surface area (Å²) >= 11 is 6.14. The Morgan fingerprint density at radius 1 is 1.26 bits per heavy atom. The lowest BCUT2D eigenvalue weighted by Gasteiger charge is -2.16. The summed E-state index contributed by atoms with van der Waals surface area (Å²) in [5, 5.41) is 15.0. The van der Waals surface area contributed by atoms with Crippen molar-refractivity contribution >= 4 is 34.1 Å². The normalized spacial score (nSPS) is 11.8. The van der Waals surface area contributed by atoms with Crippen LogP contribution >= 0.6 is 11.6 Å². The van der Waals surface area contributed by atoms with Crippen LogP contribution in [0.4, 0.5) is 5.82 Å². The van der Waals surface area contributed by atoms with Crippen molar-refractivity contribution in [3.63, 3.8) is 0 Å². The molecule has 7 heteroatoms. The molecule has 1 amide bonds. The van der Waals surface area contributed by atoms with Gasteiger partial charge in [0, 0.05) is 46.2 Å². The Labute approximate surface area is 187 Å². The maximum atomic E-state index is 12.4. The Balaban J connectivity index is 1.81. The molecular weight excluding hydrogens is 412 g/mol. The van der Waals surface area contributed by atoms with Gasteiger partial charge in [-0.05, 0) is 56.9 Å². The highest BCUT2D eigenvalue weighted by Gasteiger charge is 2.11. The molecular formula is C24H25ClN4O2. The van der Waals surface area contributed by atoms with Crippen molar-refractivity contribution in [1.29, 1.82) is 0 Å². The minimum atomic E-state index is -0.626. The first-order valence-corrected chi connectivity index (χ1v) is 10.2. The van der Waals surface area contributed by atoms with E-state index in [0.717, 1.165) is 21.9 Å². The fraction of sp³-hybridized carbons (Fsp3) is 0.250. The first-order chi connectivity index (χ1) is 14.7. The third-order valence-electron chi connectivity index (χ3n) is 4.77. The van der Waals surface area contributed by atoms with Crippen molar-refractivity contribution in [2.75, 3.05) is 32.9 Å². The van der Waals surface area contributed by atoms with E-state index in [1.165, 1.54) is 0 Å². The number of pyridine rings is 1. The summed E-state index contributed by atoms with van der Waals surface area (Å²) in [5.41, 5.74) is 8.83. The highest BCUT2D eigenvalue weighted by atomic mass is 35.5. The van der Waals surface area contributed by atoms with E-state index in [0.29, 0.717) is 28.5 Å². The van der Waals surface area contributed by atoms with Gasteiger partial charge >= 0.3 is 0 Å². The van der Waals surface area contributed by atoms with E-state index < -0.39 is 6.10 Å². The number of aromatic nitrogens is 1. The first-order valence-electron chi connectivity index (χ1n) is 9.82. The zero-order chi connectivity index (χ0) is 22.5. The molecule has 1 heterocycles. The van der Waals surface area contributed by atoms with Crippen LogP contribution in [-0.4, -0.2) is 54.2 Å². The van der Waals surface area contributed by atoms with E-state index in [2.05, 4.69) is 22.1 Å². The summed E-state index contributed by atoms with van der Waals surface area (Å²) in [4.78, 5) is 18.5. The molecule has 0 bridgehead atoms. The van der Waals surface area contributed by atoms with Crippen molar-refractivity contribution in [3.05, 3.63) is 69.9 Å². The Morgan fingerprint density at radius 3 is 2.74 bits per heavy atom. The van der Waals surface area contributed by atoms with Crippen molar-refractivity contribution in [1.82, 2.24) is 15.2 Å². The zero-order valence-electron chi connectivity index (χ0n) is 17.7. The van der Waals surface area contributed by atoms with E-state index in [4.69, 9.17) is 17.3 Å². The number of amides is 1. The van der Waals surface area contributed by atoms with Gasteiger partial charge in [0.2, 0.25) is 0 Å². The van der Waals surface area contributed by atoms with Gasteiger partial charge in [-0.15, -0.1) is 0 Å². The van der Waals surface area contributed by atoms with Crippen LogP contribution in [0.25, 0.3) is 10.8 Å². The number of likely N-dealkylation sites (N-methyl/N-ethyl adjacent to an activating group) is 1. The maximum absolute atomic E-state index is 12.4. The van der Waals surface area contributed by atoms with Crippen LogP contribution in [0.15, 0.2) is 42.6 Å². The lowest BCUT2D eigenvalue weighted by molar-refractivity contribution is 0.0892. The minimum Gasteiger partial charge on any atom is -0.390 e. The highest BCUT2D eigenvalue weighted by Crippen LogP contribution is 2.25. The van der Waals surface area contributed by atoms with Crippen molar-refractivity contribution in [2.45, 2.75) is 13.0 Å². The van der Waals surface area contributed by atoms with Gasteiger partial charge in [0.15, 0.2) is 0 Å². The fourth-order valence-corrected chi connectivity index (χ4v) is 3.38. The number of nitrogen functional groups attached to an aromatic ring is 1. The monoisotopic (exact) mass is 436 g/mol. The molecule has 31 heavy (non-hydrogen) atoms. The molecule has 0 aliphatic heterocycles. The average molecular weight is 437 g/mol. The Hall–Kier alpha value is -3.11. The van der Waals surface area contributed by atoms with E-state index in [9.17, 15) is 9.90 Å². The summed E-state index contributed by atoms with van der Waals surface area (Å²) in [5.74, 6) is 6.34. The van der Waals surface area contributed by atoms with Crippen LogP contribution in [0.1, 0.15) is 27.0 Å². The number of carbonyl (C=O) groups is 1. The number of aliphatic hydroxyl groups excluding tert-OH is 1. The number of halogens is 1. The number of nitrogens with zero attached hydrogens (tertiary/aromatic N) is 2. The summed E-state index contributed by atoms with van der Waals surface area (Å²) < 4.78 is 0. The fourth-order valence-electron chi connectivity index (χ4n) is 3.20. The second-order valence-corrected chi connectivity index (χ2v) is 8.09. The second kappa shape index (κ2) is 9.80. The van der Waals surface area contributed by atoms with Crippen LogP contribution in [-0.2, 0) is 0 Å². The van der Waals surface area contributed by atoms with E-state index in [1.807, 2.05) is 38.1 Å². The quantitative estimate of drug-likeness (QED) is 0.535. The number of hydrogen-bond donors (Lipinski definition) is 3. The van der Waals surface area contributed by atoms with Crippen LogP contribution in [0, 0.1) is 18.8 Å².